The van der Waals surface area contributed by atoms with Crippen LogP contribution >= 0.6 is 0 Å². The van der Waals surface area contributed by atoms with Crippen molar-refractivity contribution in [2.45, 2.75) is 19.3 Å². The third-order valence-corrected chi connectivity index (χ3v) is 13.4. The predicted octanol–water partition coefficient (Wildman–Crippen LogP) is 15.0. The van der Waals surface area contributed by atoms with Crippen molar-refractivity contribution in [1.29, 1.82) is 0 Å². The zero-order chi connectivity index (χ0) is 39.7. The molecule has 1 aliphatic carbocycles. The molecule has 282 valence electrons. The van der Waals surface area contributed by atoms with E-state index < -0.39 is 0 Å². The molecule has 3 aromatic heterocycles. The first kappa shape index (κ1) is 33.4. The van der Waals surface area contributed by atoms with Gasteiger partial charge in [-0.15, -0.1) is 0 Å². The molecule has 0 N–H and O–H groups in total. The summed E-state index contributed by atoms with van der Waals surface area (Å²) in [7, 11) is 0. The van der Waals surface area contributed by atoms with Crippen LogP contribution in [0, 0.1) is 0 Å². The molecular formula is C57H39N3. The number of benzene rings is 9. The molecule has 13 rings (SSSR count). The summed E-state index contributed by atoms with van der Waals surface area (Å²) in [6.45, 7) is 4.76. The molecule has 0 spiro atoms. The zero-order valence-corrected chi connectivity index (χ0v) is 33.4. The van der Waals surface area contributed by atoms with Crippen molar-refractivity contribution in [3.8, 4) is 39.3 Å². The fourth-order valence-corrected chi connectivity index (χ4v) is 10.9. The second-order valence-corrected chi connectivity index (χ2v) is 16.9. The van der Waals surface area contributed by atoms with Crippen molar-refractivity contribution in [3.05, 3.63) is 211 Å². The van der Waals surface area contributed by atoms with Crippen molar-refractivity contribution in [2.75, 3.05) is 0 Å². The van der Waals surface area contributed by atoms with Gasteiger partial charge < -0.3 is 13.7 Å². The minimum absolute atomic E-state index is 0.127. The monoisotopic (exact) mass is 765 g/mol. The Labute approximate surface area is 347 Å². The quantitative estimate of drug-likeness (QED) is 0.169. The molecule has 0 amide bonds. The highest BCUT2D eigenvalue weighted by Crippen LogP contribution is 2.52. The van der Waals surface area contributed by atoms with Crippen LogP contribution in [0.4, 0.5) is 0 Å². The number of para-hydroxylation sites is 5. The maximum absolute atomic E-state index is 2.51. The molecule has 3 heteroatoms. The van der Waals surface area contributed by atoms with Crippen molar-refractivity contribution in [3.63, 3.8) is 0 Å². The van der Waals surface area contributed by atoms with Crippen LogP contribution in [0.25, 0.3) is 105 Å². The van der Waals surface area contributed by atoms with Gasteiger partial charge in [0.15, 0.2) is 0 Å². The van der Waals surface area contributed by atoms with Gasteiger partial charge in [-0.25, -0.2) is 0 Å². The van der Waals surface area contributed by atoms with Crippen LogP contribution < -0.4 is 0 Å². The second-order valence-electron chi connectivity index (χ2n) is 16.9. The molecule has 60 heavy (non-hydrogen) atoms. The predicted molar refractivity (Wildman–Crippen MR) is 252 cm³/mol. The van der Waals surface area contributed by atoms with Crippen LogP contribution in [0.3, 0.4) is 0 Å². The average Bonchev–Trinajstić information content (AvgIpc) is 4.00. The zero-order valence-electron chi connectivity index (χ0n) is 33.4. The van der Waals surface area contributed by atoms with Gasteiger partial charge in [0.25, 0.3) is 0 Å². The molecule has 0 radical (unpaired) electrons. The first-order valence-electron chi connectivity index (χ1n) is 20.9. The summed E-state index contributed by atoms with van der Waals surface area (Å²) < 4.78 is 7.42. The molecule has 3 heterocycles. The Morgan fingerprint density at radius 2 is 0.800 bits per heavy atom. The Bertz CT molecular complexity index is 3740. The van der Waals surface area contributed by atoms with Crippen LogP contribution in [0.15, 0.2) is 200 Å². The fraction of sp³-hybridized carbons (Fsp3) is 0.0526. The highest BCUT2D eigenvalue weighted by molar-refractivity contribution is 6.16. The Morgan fingerprint density at radius 1 is 0.333 bits per heavy atom. The van der Waals surface area contributed by atoms with Crippen molar-refractivity contribution in [1.82, 2.24) is 13.7 Å². The molecule has 0 bridgehead atoms. The fourth-order valence-electron chi connectivity index (χ4n) is 10.9. The van der Waals surface area contributed by atoms with E-state index in [9.17, 15) is 0 Å². The molecular weight excluding hydrogens is 727 g/mol. The Balaban J connectivity index is 1.02. The van der Waals surface area contributed by atoms with E-state index in [0.29, 0.717) is 0 Å². The van der Waals surface area contributed by atoms with E-state index in [1.54, 1.807) is 0 Å². The SMILES string of the molecule is CC1(C)c2ccccc2-c2cccc(-n3c4ccccc4c4cc(-c5ccc6c(c5)c5ccccc5n6-c5cccc6c7ccccc7n(-c7ccccc7)c56)ccc43)c21. The summed E-state index contributed by atoms with van der Waals surface area (Å²) in [6, 6.07) is 74.0. The maximum Gasteiger partial charge on any atom is 0.0782 e. The van der Waals surface area contributed by atoms with E-state index in [1.807, 2.05) is 0 Å². The number of nitrogens with zero attached hydrogens (tertiary/aromatic N) is 3. The normalized spacial score (nSPS) is 13.3. The standard InChI is InChI=1S/C57H39N3/c1-57(2)47-24-10-6-18-39(47)43-22-14-28-53(55(43)57)59-49-26-12-8-20-41(49)45-34-36(30-32-51(45)59)37-31-33-52-46(35-37)42-21-9-13-27-50(42)60(52)54-29-15-23-44-40-19-7-11-25-48(40)58(56(44)54)38-16-4-3-5-17-38/h3-35H,1-2H3. The number of hydrogen-bond acceptors (Lipinski definition) is 0. The molecule has 0 atom stereocenters. The van der Waals surface area contributed by atoms with Crippen LogP contribution in [0.1, 0.15) is 25.0 Å². The summed E-state index contributed by atoms with van der Waals surface area (Å²) in [5, 5.41) is 7.51. The van der Waals surface area contributed by atoms with Crippen molar-refractivity contribution in [2.24, 2.45) is 0 Å². The van der Waals surface area contributed by atoms with E-state index in [0.717, 1.165) is 5.69 Å². The van der Waals surface area contributed by atoms with Gasteiger partial charge in [0.1, 0.15) is 0 Å². The van der Waals surface area contributed by atoms with E-state index in [1.165, 1.54) is 110 Å². The lowest BCUT2D eigenvalue weighted by atomic mass is 9.81. The second kappa shape index (κ2) is 12.2. The van der Waals surface area contributed by atoms with E-state index >= 15 is 0 Å². The number of rotatable bonds is 4. The third-order valence-electron chi connectivity index (χ3n) is 13.4. The lowest BCUT2D eigenvalue weighted by Gasteiger charge is -2.25. The lowest BCUT2D eigenvalue weighted by molar-refractivity contribution is 0.656. The summed E-state index contributed by atoms with van der Waals surface area (Å²) in [6.07, 6.45) is 0. The molecule has 0 fully saturated rings. The van der Waals surface area contributed by atoms with Gasteiger partial charge >= 0.3 is 0 Å². The minimum Gasteiger partial charge on any atom is -0.309 e. The maximum atomic E-state index is 2.51. The molecule has 3 nitrogen and oxygen atoms in total. The molecule has 0 unspecified atom stereocenters. The third kappa shape index (κ3) is 4.44. The van der Waals surface area contributed by atoms with Gasteiger partial charge in [0.05, 0.1) is 44.5 Å². The van der Waals surface area contributed by atoms with Crippen LogP contribution in [0.2, 0.25) is 0 Å². The minimum atomic E-state index is -0.127. The lowest BCUT2D eigenvalue weighted by Crippen LogP contribution is -2.17. The number of hydrogen-bond donors (Lipinski definition) is 0. The summed E-state index contributed by atoms with van der Waals surface area (Å²) >= 11 is 0. The van der Waals surface area contributed by atoms with E-state index in [2.05, 4.69) is 228 Å². The van der Waals surface area contributed by atoms with Gasteiger partial charge in [0.2, 0.25) is 0 Å². The summed E-state index contributed by atoms with van der Waals surface area (Å²) in [5.74, 6) is 0. The van der Waals surface area contributed by atoms with Gasteiger partial charge in [-0.2, -0.15) is 0 Å². The van der Waals surface area contributed by atoms with Gasteiger partial charge in [0, 0.05) is 43.4 Å². The van der Waals surface area contributed by atoms with E-state index in [4.69, 9.17) is 0 Å². The molecule has 12 aromatic rings. The first-order valence-corrected chi connectivity index (χ1v) is 20.9. The Morgan fingerprint density at radius 3 is 1.47 bits per heavy atom. The molecule has 0 saturated heterocycles. The molecule has 0 saturated carbocycles. The Hall–Kier alpha value is -7.62. The molecule has 1 aliphatic rings. The summed E-state index contributed by atoms with van der Waals surface area (Å²) in [5.41, 5.74) is 18.6. The number of aromatic nitrogens is 3. The molecule has 0 aliphatic heterocycles. The van der Waals surface area contributed by atoms with Crippen LogP contribution in [-0.2, 0) is 5.41 Å². The number of fused-ring (bicyclic) bond motifs is 12. The van der Waals surface area contributed by atoms with Crippen molar-refractivity contribution < 1.29 is 0 Å². The Kier molecular flexibility index (Phi) is 6.78. The topological polar surface area (TPSA) is 14.8 Å². The average molecular weight is 766 g/mol. The van der Waals surface area contributed by atoms with Crippen LogP contribution in [0.5, 0.6) is 0 Å². The first-order chi connectivity index (χ1) is 29.6. The van der Waals surface area contributed by atoms with Gasteiger partial charge in [-0.3, -0.25) is 0 Å². The highest BCUT2D eigenvalue weighted by atomic mass is 15.1. The smallest absolute Gasteiger partial charge is 0.0782 e. The van der Waals surface area contributed by atoms with Gasteiger partial charge in [-0.05, 0) is 100 Å². The van der Waals surface area contributed by atoms with Crippen molar-refractivity contribution >= 4 is 65.4 Å². The largest absolute Gasteiger partial charge is 0.309 e. The summed E-state index contributed by atoms with van der Waals surface area (Å²) in [4.78, 5) is 0. The van der Waals surface area contributed by atoms with E-state index in [-0.39, 0.29) is 5.41 Å². The van der Waals surface area contributed by atoms with Gasteiger partial charge in [-0.1, -0.05) is 147 Å². The van der Waals surface area contributed by atoms with Crippen LogP contribution in [-0.4, -0.2) is 13.7 Å². The highest BCUT2D eigenvalue weighted by Gasteiger charge is 2.38. The molecule has 9 aromatic carbocycles.